The average Bonchev–Trinajstić information content (AvgIpc) is 2.10. The standard InChI is InChI=1S/C12H15F4NO/c13-10-2-7-1-8(3-10)5-11(4-7,6-10)17-9(18)12(14,15)16/h7-8H,1-6H2,(H,17,18). The van der Waals surface area contributed by atoms with Gasteiger partial charge in [-0.3, -0.25) is 4.79 Å². The van der Waals surface area contributed by atoms with Gasteiger partial charge in [-0.05, 0) is 43.9 Å². The number of carbonyl (C=O) groups excluding carboxylic acids is 1. The van der Waals surface area contributed by atoms with E-state index in [1.54, 1.807) is 0 Å². The zero-order chi connectivity index (χ0) is 13.2. The third-order valence-electron chi connectivity index (χ3n) is 4.63. The summed E-state index contributed by atoms with van der Waals surface area (Å²) in [5.41, 5.74) is -2.31. The van der Waals surface area contributed by atoms with Crippen molar-refractivity contribution in [3.8, 4) is 0 Å². The maximum Gasteiger partial charge on any atom is 0.471 e. The molecule has 0 radical (unpaired) electrons. The summed E-state index contributed by atoms with van der Waals surface area (Å²) in [5.74, 6) is -1.66. The summed E-state index contributed by atoms with van der Waals surface area (Å²) in [6.07, 6.45) is -2.04. The Balaban J connectivity index is 1.81. The zero-order valence-corrected chi connectivity index (χ0v) is 9.82. The molecule has 0 spiro atoms. The number of halogens is 4. The number of rotatable bonds is 1. The van der Waals surface area contributed by atoms with Crippen LogP contribution in [-0.2, 0) is 4.79 Å². The predicted octanol–water partition coefficient (Wildman–Crippen LogP) is 2.73. The Morgan fingerprint density at radius 2 is 1.67 bits per heavy atom. The molecule has 4 saturated carbocycles. The molecule has 4 rings (SSSR count). The van der Waals surface area contributed by atoms with Gasteiger partial charge in [-0.2, -0.15) is 13.2 Å². The molecule has 18 heavy (non-hydrogen) atoms. The van der Waals surface area contributed by atoms with E-state index in [0.29, 0.717) is 25.7 Å². The molecule has 1 N–H and O–H groups in total. The first-order chi connectivity index (χ1) is 8.20. The van der Waals surface area contributed by atoms with Gasteiger partial charge in [0.25, 0.3) is 0 Å². The van der Waals surface area contributed by atoms with Crippen molar-refractivity contribution in [3.05, 3.63) is 0 Å². The van der Waals surface area contributed by atoms with Crippen molar-refractivity contribution < 1.29 is 22.4 Å². The van der Waals surface area contributed by atoms with Crippen molar-refractivity contribution in [2.75, 3.05) is 0 Å². The zero-order valence-electron chi connectivity index (χ0n) is 9.82. The normalized spacial score (nSPS) is 46.2. The molecule has 4 fully saturated rings. The molecule has 4 aliphatic carbocycles. The van der Waals surface area contributed by atoms with E-state index < -0.39 is 23.3 Å². The molecule has 2 nitrogen and oxygen atoms in total. The lowest BCUT2D eigenvalue weighted by atomic mass is 9.51. The lowest BCUT2D eigenvalue weighted by Gasteiger charge is -2.59. The monoisotopic (exact) mass is 265 g/mol. The highest BCUT2D eigenvalue weighted by molar-refractivity contribution is 5.82. The van der Waals surface area contributed by atoms with Crippen molar-refractivity contribution in [1.82, 2.24) is 5.32 Å². The summed E-state index contributed by atoms with van der Waals surface area (Å²) in [4.78, 5) is 11.1. The lowest BCUT2D eigenvalue weighted by Crippen LogP contribution is -2.65. The molecule has 0 aromatic carbocycles. The molecule has 102 valence electrons. The number of amides is 1. The fraction of sp³-hybridized carbons (Fsp3) is 0.917. The maximum atomic E-state index is 14.4. The molecule has 0 aliphatic heterocycles. The van der Waals surface area contributed by atoms with Gasteiger partial charge in [0.05, 0.1) is 0 Å². The van der Waals surface area contributed by atoms with Crippen LogP contribution in [0.5, 0.6) is 0 Å². The van der Waals surface area contributed by atoms with Gasteiger partial charge in [0.1, 0.15) is 5.67 Å². The van der Waals surface area contributed by atoms with Crippen LogP contribution in [0.15, 0.2) is 0 Å². The van der Waals surface area contributed by atoms with Gasteiger partial charge in [0, 0.05) is 12.0 Å². The van der Waals surface area contributed by atoms with Crippen LogP contribution in [0.1, 0.15) is 38.5 Å². The first kappa shape index (κ1) is 12.2. The Morgan fingerprint density at radius 1 is 1.11 bits per heavy atom. The van der Waals surface area contributed by atoms with Crippen molar-refractivity contribution in [2.45, 2.75) is 55.9 Å². The van der Waals surface area contributed by atoms with Crippen LogP contribution in [0, 0.1) is 11.8 Å². The Labute approximate surface area is 102 Å². The van der Waals surface area contributed by atoms with Crippen LogP contribution >= 0.6 is 0 Å². The van der Waals surface area contributed by atoms with Crippen LogP contribution in [0.3, 0.4) is 0 Å². The molecule has 0 heterocycles. The second-order valence-electron chi connectivity index (χ2n) is 6.34. The summed E-state index contributed by atoms with van der Waals surface area (Å²) in [6, 6.07) is 0. The Morgan fingerprint density at radius 3 is 2.11 bits per heavy atom. The SMILES string of the molecule is O=C(NC12CC3CC(CC(F)(C3)C1)C2)C(F)(F)F. The quantitative estimate of drug-likeness (QED) is 0.726. The number of hydrogen-bond donors (Lipinski definition) is 1. The molecule has 0 aromatic rings. The van der Waals surface area contributed by atoms with E-state index in [-0.39, 0.29) is 18.3 Å². The van der Waals surface area contributed by atoms with E-state index in [0.717, 1.165) is 6.42 Å². The van der Waals surface area contributed by atoms with Gasteiger partial charge < -0.3 is 5.32 Å². The van der Waals surface area contributed by atoms with Crippen molar-refractivity contribution in [3.63, 3.8) is 0 Å². The minimum atomic E-state index is -4.88. The number of carbonyl (C=O) groups is 1. The fourth-order valence-corrected chi connectivity index (χ4v) is 4.61. The fourth-order valence-electron chi connectivity index (χ4n) is 4.61. The minimum Gasteiger partial charge on any atom is -0.343 e. The lowest BCUT2D eigenvalue weighted by molar-refractivity contribution is -0.181. The molecule has 0 saturated heterocycles. The van der Waals surface area contributed by atoms with E-state index in [4.69, 9.17) is 0 Å². The number of hydrogen-bond acceptors (Lipinski definition) is 1. The van der Waals surface area contributed by atoms with Crippen molar-refractivity contribution in [1.29, 1.82) is 0 Å². The van der Waals surface area contributed by atoms with E-state index in [1.165, 1.54) is 0 Å². The first-order valence-corrected chi connectivity index (χ1v) is 6.28. The topological polar surface area (TPSA) is 29.1 Å². The molecule has 0 aromatic heterocycles. The van der Waals surface area contributed by atoms with Crippen molar-refractivity contribution in [2.24, 2.45) is 11.8 Å². The molecular formula is C12H15F4NO. The molecule has 4 aliphatic rings. The summed E-state index contributed by atoms with van der Waals surface area (Å²) in [6.45, 7) is 0. The predicted molar refractivity (Wildman–Crippen MR) is 55.4 cm³/mol. The van der Waals surface area contributed by atoms with E-state index in [2.05, 4.69) is 5.32 Å². The van der Waals surface area contributed by atoms with Gasteiger partial charge >= 0.3 is 12.1 Å². The van der Waals surface area contributed by atoms with Gasteiger partial charge in [-0.1, -0.05) is 0 Å². The second-order valence-corrected chi connectivity index (χ2v) is 6.34. The molecule has 4 bridgehead atoms. The Kier molecular flexibility index (Phi) is 2.31. The molecule has 2 unspecified atom stereocenters. The smallest absolute Gasteiger partial charge is 0.343 e. The minimum absolute atomic E-state index is 0.0504. The summed E-state index contributed by atoms with van der Waals surface area (Å²) in [7, 11) is 0. The highest BCUT2D eigenvalue weighted by atomic mass is 19.4. The molecule has 1 amide bonds. The van der Waals surface area contributed by atoms with E-state index in [1.807, 2.05) is 0 Å². The van der Waals surface area contributed by atoms with Crippen LogP contribution in [0.25, 0.3) is 0 Å². The van der Waals surface area contributed by atoms with Gasteiger partial charge in [0.15, 0.2) is 0 Å². The summed E-state index contributed by atoms with van der Waals surface area (Å²) < 4.78 is 51.4. The summed E-state index contributed by atoms with van der Waals surface area (Å²) >= 11 is 0. The van der Waals surface area contributed by atoms with Crippen LogP contribution in [-0.4, -0.2) is 23.3 Å². The van der Waals surface area contributed by atoms with Crippen LogP contribution < -0.4 is 5.32 Å². The van der Waals surface area contributed by atoms with Crippen LogP contribution in [0.4, 0.5) is 17.6 Å². The van der Waals surface area contributed by atoms with Gasteiger partial charge in [-0.25, -0.2) is 4.39 Å². The Hall–Kier alpha value is -0.810. The third kappa shape index (κ3) is 1.89. The van der Waals surface area contributed by atoms with Gasteiger partial charge in [0.2, 0.25) is 0 Å². The van der Waals surface area contributed by atoms with E-state index >= 15 is 0 Å². The second kappa shape index (κ2) is 3.39. The average molecular weight is 265 g/mol. The summed E-state index contributed by atoms with van der Waals surface area (Å²) in [5, 5.41) is 2.09. The first-order valence-electron chi connectivity index (χ1n) is 6.28. The van der Waals surface area contributed by atoms with Gasteiger partial charge in [-0.15, -0.1) is 0 Å². The molecule has 6 heteroatoms. The highest BCUT2D eigenvalue weighted by Crippen LogP contribution is 2.59. The Bertz CT molecular complexity index is 378. The largest absolute Gasteiger partial charge is 0.471 e. The van der Waals surface area contributed by atoms with Crippen molar-refractivity contribution >= 4 is 5.91 Å². The molecular weight excluding hydrogens is 250 g/mol. The molecule has 2 atom stereocenters. The maximum absolute atomic E-state index is 14.4. The van der Waals surface area contributed by atoms with Crippen LogP contribution in [0.2, 0.25) is 0 Å². The van der Waals surface area contributed by atoms with E-state index in [9.17, 15) is 22.4 Å². The number of nitrogens with one attached hydrogen (secondary N) is 1. The highest BCUT2D eigenvalue weighted by Gasteiger charge is 2.60. The third-order valence-corrected chi connectivity index (χ3v) is 4.63. The number of alkyl halides is 4.